The highest BCUT2D eigenvalue weighted by molar-refractivity contribution is 6.32. The van der Waals surface area contributed by atoms with Gasteiger partial charge in [-0.05, 0) is 30.8 Å². The van der Waals surface area contributed by atoms with Crippen LogP contribution in [0.5, 0.6) is 11.5 Å². The van der Waals surface area contributed by atoms with Crippen molar-refractivity contribution >= 4 is 36.2 Å². The first-order chi connectivity index (χ1) is 12.1. The van der Waals surface area contributed by atoms with Crippen LogP contribution >= 0.6 is 24.0 Å². The fraction of sp³-hybridized carbons (Fsp3) is 0.412. The fourth-order valence-electron chi connectivity index (χ4n) is 2.75. The van der Waals surface area contributed by atoms with Crippen molar-refractivity contribution in [2.24, 2.45) is 0 Å². The van der Waals surface area contributed by atoms with Gasteiger partial charge >= 0.3 is 0 Å². The third-order valence-corrected chi connectivity index (χ3v) is 4.42. The molecule has 1 aliphatic rings. The van der Waals surface area contributed by atoms with Crippen molar-refractivity contribution in [1.29, 1.82) is 0 Å². The molecule has 3 rings (SSSR count). The number of ether oxygens (including phenoxy) is 2. The molecular formula is C17H22Cl2N4O3. The average molecular weight is 401 g/mol. The molecule has 0 radical (unpaired) electrons. The van der Waals surface area contributed by atoms with E-state index in [0.717, 1.165) is 25.2 Å². The molecule has 1 aromatic carbocycles. The Morgan fingerprint density at radius 1 is 1.31 bits per heavy atom. The van der Waals surface area contributed by atoms with Crippen LogP contribution in [0.4, 0.5) is 0 Å². The largest absolute Gasteiger partial charge is 0.493 e. The lowest BCUT2D eigenvalue weighted by Crippen LogP contribution is -2.44. The maximum atomic E-state index is 6.21. The maximum absolute atomic E-state index is 6.21. The van der Waals surface area contributed by atoms with Gasteiger partial charge in [-0.2, -0.15) is 4.98 Å². The number of methoxy groups -OCH3 is 2. The van der Waals surface area contributed by atoms with E-state index in [0.29, 0.717) is 28.2 Å². The molecule has 1 unspecified atom stereocenters. The molecule has 1 saturated heterocycles. The molecule has 9 heteroatoms. The first kappa shape index (κ1) is 20.5. The number of likely N-dealkylation sites (N-methyl/N-ethyl adjacent to an activating group) is 1. The molecule has 1 atom stereocenters. The van der Waals surface area contributed by atoms with Gasteiger partial charge in [0.05, 0.1) is 25.3 Å². The number of hydrogen-bond acceptors (Lipinski definition) is 7. The highest BCUT2D eigenvalue weighted by atomic mass is 35.5. The topological polar surface area (TPSA) is 72.7 Å². The number of rotatable bonds is 5. The van der Waals surface area contributed by atoms with Crippen molar-refractivity contribution in [3.05, 3.63) is 34.4 Å². The van der Waals surface area contributed by atoms with Gasteiger partial charge in [-0.1, -0.05) is 16.8 Å². The van der Waals surface area contributed by atoms with E-state index in [4.69, 9.17) is 25.6 Å². The Balaban J connectivity index is 0.00000243. The molecule has 7 nitrogen and oxygen atoms in total. The Hall–Kier alpha value is -1.80. The second-order valence-electron chi connectivity index (χ2n) is 5.76. The second kappa shape index (κ2) is 9.23. The monoisotopic (exact) mass is 400 g/mol. The van der Waals surface area contributed by atoms with Crippen LogP contribution in [-0.2, 0) is 0 Å². The average Bonchev–Trinajstić information content (AvgIpc) is 3.08. The number of halogens is 2. The van der Waals surface area contributed by atoms with Crippen LogP contribution in [0.25, 0.3) is 12.2 Å². The van der Waals surface area contributed by atoms with Crippen molar-refractivity contribution in [3.8, 4) is 11.5 Å². The van der Waals surface area contributed by atoms with E-state index in [1.165, 1.54) is 0 Å². The number of hydrogen-bond donors (Lipinski definition) is 1. The molecule has 2 aromatic rings. The Morgan fingerprint density at radius 2 is 2.12 bits per heavy atom. The van der Waals surface area contributed by atoms with Crippen molar-refractivity contribution in [2.45, 2.75) is 6.04 Å². The molecule has 0 aliphatic carbocycles. The molecule has 26 heavy (non-hydrogen) atoms. The maximum Gasteiger partial charge on any atom is 0.250 e. The van der Waals surface area contributed by atoms with Gasteiger partial charge in [-0.3, -0.25) is 4.90 Å². The van der Waals surface area contributed by atoms with E-state index < -0.39 is 0 Å². The van der Waals surface area contributed by atoms with Crippen LogP contribution in [0, 0.1) is 0 Å². The van der Waals surface area contributed by atoms with E-state index in [1.54, 1.807) is 26.4 Å². The predicted molar refractivity (Wildman–Crippen MR) is 103 cm³/mol. The summed E-state index contributed by atoms with van der Waals surface area (Å²) in [5, 5.41) is 7.90. The molecule has 0 spiro atoms. The summed E-state index contributed by atoms with van der Waals surface area (Å²) in [5.41, 5.74) is 0.846. The Labute approximate surface area is 163 Å². The van der Waals surface area contributed by atoms with Crippen LogP contribution in [0.1, 0.15) is 23.3 Å². The van der Waals surface area contributed by atoms with Crippen molar-refractivity contribution in [1.82, 2.24) is 20.4 Å². The number of nitrogens with one attached hydrogen (secondary N) is 1. The summed E-state index contributed by atoms with van der Waals surface area (Å²) in [7, 11) is 5.18. The summed E-state index contributed by atoms with van der Waals surface area (Å²) in [5.74, 6) is 2.20. The number of aromatic nitrogens is 2. The first-order valence-electron chi connectivity index (χ1n) is 7.96. The van der Waals surface area contributed by atoms with Gasteiger partial charge in [0, 0.05) is 25.7 Å². The standard InChI is InChI=1S/C17H21ClN4O3.ClH/c1-22-7-6-19-10-13(22)17-20-15(25-21-17)5-4-11-8-12(18)16(24-3)14(9-11)23-2;/h4-5,8-9,13,19H,6-7,10H2,1-3H3;1H/b5-4+;. The zero-order valence-electron chi connectivity index (χ0n) is 14.9. The third-order valence-electron chi connectivity index (χ3n) is 4.14. The molecule has 142 valence electrons. The minimum atomic E-state index is 0. The highest BCUT2D eigenvalue weighted by Gasteiger charge is 2.24. The summed E-state index contributed by atoms with van der Waals surface area (Å²) in [6.45, 7) is 2.73. The minimum Gasteiger partial charge on any atom is -0.493 e. The molecular weight excluding hydrogens is 379 g/mol. The summed E-state index contributed by atoms with van der Waals surface area (Å²) in [4.78, 5) is 6.67. The summed E-state index contributed by atoms with van der Waals surface area (Å²) in [6.07, 6.45) is 3.60. The van der Waals surface area contributed by atoms with Crippen LogP contribution < -0.4 is 14.8 Å². The highest BCUT2D eigenvalue weighted by Crippen LogP contribution is 2.36. The number of piperazine rings is 1. The lowest BCUT2D eigenvalue weighted by atomic mass is 10.2. The molecule has 1 fully saturated rings. The van der Waals surface area contributed by atoms with E-state index in [2.05, 4.69) is 27.4 Å². The van der Waals surface area contributed by atoms with E-state index in [9.17, 15) is 0 Å². The molecule has 1 N–H and O–H groups in total. The smallest absolute Gasteiger partial charge is 0.250 e. The van der Waals surface area contributed by atoms with Crippen molar-refractivity contribution in [2.75, 3.05) is 40.9 Å². The zero-order valence-corrected chi connectivity index (χ0v) is 16.4. The molecule has 1 aliphatic heterocycles. The molecule has 0 saturated carbocycles. The Kier molecular flexibility index (Phi) is 7.28. The normalized spacial score (nSPS) is 17.9. The number of nitrogens with zero attached hydrogens (tertiary/aromatic N) is 3. The van der Waals surface area contributed by atoms with Crippen LogP contribution in [-0.4, -0.2) is 55.9 Å². The van der Waals surface area contributed by atoms with Gasteiger partial charge in [0.25, 0.3) is 5.89 Å². The van der Waals surface area contributed by atoms with Gasteiger partial charge in [-0.15, -0.1) is 12.4 Å². The predicted octanol–water partition coefficient (Wildman–Crippen LogP) is 2.91. The summed E-state index contributed by atoms with van der Waals surface area (Å²) in [6, 6.07) is 3.74. The molecule has 2 heterocycles. The third kappa shape index (κ3) is 4.48. The molecule has 1 aromatic heterocycles. The van der Waals surface area contributed by atoms with Crippen LogP contribution in [0.3, 0.4) is 0 Å². The van der Waals surface area contributed by atoms with Gasteiger partial charge in [0.1, 0.15) is 0 Å². The van der Waals surface area contributed by atoms with E-state index >= 15 is 0 Å². The van der Waals surface area contributed by atoms with E-state index in [1.807, 2.05) is 12.1 Å². The van der Waals surface area contributed by atoms with Gasteiger partial charge < -0.3 is 19.3 Å². The summed E-state index contributed by atoms with van der Waals surface area (Å²) < 4.78 is 15.9. The van der Waals surface area contributed by atoms with Crippen LogP contribution in [0.2, 0.25) is 5.02 Å². The molecule has 0 bridgehead atoms. The van der Waals surface area contributed by atoms with Crippen LogP contribution in [0.15, 0.2) is 16.7 Å². The Morgan fingerprint density at radius 3 is 2.81 bits per heavy atom. The fourth-order valence-corrected chi connectivity index (χ4v) is 3.04. The van der Waals surface area contributed by atoms with Gasteiger partial charge in [0.2, 0.25) is 0 Å². The summed E-state index contributed by atoms with van der Waals surface area (Å²) >= 11 is 6.21. The second-order valence-corrected chi connectivity index (χ2v) is 6.17. The van der Waals surface area contributed by atoms with E-state index in [-0.39, 0.29) is 18.4 Å². The quantitative estimate of drug-likeness (QED) is 0.826. The first-order valence-corrected chi connectivity index (χ1v) is 8.34. The molecule has 0 amide bonds. The van der Waals surface area contributed by atoms with Gasteiger partial charge in [-0.25, -0.2) is 0 Å². The Bertz CT molecular complexity index is 766. The lowest BCUT2D eigenvalue weighted by Gasteiger charge is -2.30. The van der Waals surface area contributed by atoms with Crippen molar-refractivity contribution < 1.29 is 14.0 Å². The van der Waals surface area contributed by atoms with Gasteiger partial charge in [0.15, 0.2) is 17.3 Å². The minimum absolute atomic E-state index is 0. The zero-order chi connectivity index (χ0) is 17.8. The number of benzene rings is 1. The SMILES string of the molecule is COc1cc(/C=C/c2nc(C3CNCCN3C)no2)cc(Cl)c1OC.Cl. The van der Waals surface area contributed by atoms with Crippen molar-refractivity contribution in [3.63, 3.8) is 0 Å². The lowest BCUT2D eigenvalue weighted by molar-refractivity contribution is 0.190.